The highest BCUT2D eigenvalue weighted by molar-refractivity contribution is 6.01. The first-order valence-electron chi connectivity index (χ1n) is 7.21. The second-order valence-corrected chi connectivity index (χ2v) is 5.31. The van der Waals surface area contributed by atoms with E-state index in [0.29, 0.717) is 0 Å². The maximum Gasteiger partial charge on any atom is 0.328 e. The third-order valence-corrected chi connectivity index (χ3v) is 3.90. The van der Waals surface area contributed by atoms with Crippen molar-refractivity contribution in [2.24, 2.45) is 0 Å². The Morgan fingerprint density at radius 3 is 2.70 bits per heavy atom. The molecule has 0 bridgehead atoms. The molecular formula is C14H20N4O5. The second-order valence-electron chi connectivity index (χ2n) is 5.31. The fourth-order valence-corrected chi connectivity index (χ4v) is 2.41. The monoisotopic (exact) mass is 324 g/mol. The number of methoxy groups -OCH3 is 1. The lowest BCUT2D eigenvalue weighted by Gasteiger charge is -2.38. The minimum Gasteiger partial charge on any atom is -0.467 e. The van der Waals surface area contributed by atoms with E-state index >= 15 is 0 Å². The zero-order valence-corrected chi connectivity index (χ0v) is 13.5. The summed E-state index contributed by atoms with van der Waals surface area (Å²) in [5.41, 5.74) is 0.139. The van der Waals surface area contributed by atoms with Crippen LogP contribution in [0.2, 0.25) is 0 Å². The molecule has 1 unspecified atom stereocenters. The lowest BCUT2D eigenvalue weighted by molar-refractivity contribution is -0.144. The largest absolute Gasteiger partial charge is 0.467 e. The van der Waals surface area contributed by atoms with E-state index in [2.05, 4.69) is 9.72 Å². The molecule has 0 spiro atoms. The summed E-state index contributed by atoms with van der Waals surface area (Å²) >= 11 is 0. The molecule has 0 aromatic carbocycles. The zero-order valence-electron chi connectivity index (χ0n) is 13.5. The summed E-state index contributed by atoms with van der Waals surface area (Å²) < 4.78 is 6.07. The highest BCUT2D eigenvalue weighted by Gasteiger charge is 2.40. The number of ketones is 1. The summed E-state index contributed by atoms with van der Waals surface area (Å²) in [5.74, 6) is -1.01. The van der Waals surface area contributed by atoms with E-state index in [9.17, 15) is 19.5 Å². The number of carbonyl (C=O) groups is 3. The number of amides is 1. The van der Waals surface area contributed by atoms with E-state index in [1.807, 2.05) is 0 Å². The van der Waals surface area contributed by atoms with Crippen LogP contribution in [0.3, 0.4) is 0 Å². The average molecular weight is 324 g/mol. The van der Waals surface area contributed by atoms with Crippen LogP contribution in [0.25, 0.3) is 0 Å². The van der Waals surface area contributed by atoms with E-state index in [0.717, 1.165) is 4.90 Å². The van der Waals surface area contributed by atoms with E-state index in [1.165, 1.54) is 22.9 Å². The number of aromatic nitrogens is 2. The molecule has 9 nitrogen and oxygen atoms in total. The number of hydrogen-bond donors (Lipinski definition) is 1. The molecule has 1 aliphatic heterocycles. The number of nitrogens with zero attached hydrogens (tertiary/aromatic N) is 4. The van der Waals surface area contributed by atoms with Crippen LogP contribution < -0.4 is 4.90 Å². The third-order valence-electron chi connectivity index (χ3n) is 3.90. The SMILES string of the molecule is CCC(=O)CN1C(=O)c2c(ncn2[C@@H](C)C(=O)OC)N(C)C1O. The van der Waals surface area contributed by atoms with Crippen LogP contribution in [0.1, 0.15) is 36.8 Å². The highest BCUT2D eigenvalue weighted by atomic mass is 16.5. The predicted molar refractivity (Wildman–Crippen MR) is 79.7 cm³/mol. The molecule has 1 aromatic rings. The molecule has 1 aliphatic rings. The van der Waals surface area contributed by atoms with Gasteiger partial charge in [-0.1, -0.05) is 6.92 Å². The van der Waals surface area contributed by atoms with Gasteiger partial charge in [0.15, 0.2) is 17.3 Å². The normalized spacial score (nSPS) is 18.7. The number of Topliss-reactive ketones (excluding diaryl/α,β-unsaturated/α-hetero) is 1. The number of aliphatic hydroxyl groups excluding tert-OH is 1. The van der Waals surface area contributed by atoms with Crippen LogP contribution in [-0.2, 0) is 14.3 Å². The highest BCUT2D eigenvalue weighted by Crippen LogP contribution is 2.30. The van der Waals surface area contributed by atoms with Gasteiger partial charge >= 0.3 is 5.97 Å². The Labute approximate surface area is 133 Å². The summed E-state index contributed by atoms with van der Waals surface area (Å²) in [5, 5.41) is 10.2. The van der Waals surface area contributed by atoms with Crippen molar-refractivity contribution in [3.05, 3.63) is 12.0 Å². The van der Waals surface area contributed by atoms with Gasteiger partial charge in [-0.15, -0.1) is 0 Å². The van der Waals surface area contributed by atoms with Gasteiger partial charge in [-0.2, -0.15) is 0 Å². The van der Waals surface area contributed by atoms with Crippen molar-refractivity contribution in [1.29, 1.82) is 0 Å². The molecule has 2 rings (SSSR count). The van der Waals surface area contributed by atoms with Crippen molar-refractivity contribution in [2.45, 2.75) is 32.7 Å². The summed E-state index contributed by atoms with van der Waals surface area (Å²) in [6, 6.07) is -0.757. The maximum absolute atomic E-state index is 12.7. The van der Waals surface area contributed by atoms with Crippen molar-refractivity contribution in [3.63, 3.8) is 0 Å². The Morgan fingerprint density at radius 2 is 2.13 bits per heavy atom. The standard InChI is InChI=1S/C14H20N4O5/c1-5-9(19)6-17-12(20)10-11(16(3)14(17)22)15-7-18(10)8(2)13(21)23-4/h7-8,14,22H,5-6H2,1-4H3/t8-,14?/m0/s1. The van der Waals surface area contributed by atoms with Crippen LogP contribution in [0, 0.1) is 0 Å². The van der Waals surface area contributed by atoms with Crippen LogP contribution >= 0.6 is 0 Å². The Morgan fingerprint density at radius 1 is 1.48 bits per heavy atom. The van der Waals surface area contributed by atoms with Gasteiger partial charge in [-0.25, -0.2) is 9.78 Å². The lowest BCUT2D eigenvalue weighted by atomic mass is 10.2. The summed E-state index contributed by atoms with van der Waals surface area (Å²) in [7, 11) is 2.81. The lowest BCUT2D eigenvalue weighted by Crippen LogP contribution is -2.56. The zero-order chi connectivity index (χ0) is 17.3. The molecule has 2 heterocycles. The number of esters is 1. The minimum atomic E-state index is -1.29. The Balaban J connectivity index is 2.45. The maximum atomic E-state index is 12.7. The molecule has 2 atom stereocenters. The van der Waals surface area contributed by atoms with Crippen molar-refractivity contribution < 1.29 is 24.2 Å². The van der Waals surface area contributed by atoms with Gasteiger partial charge in [-0.3, -0.25) is 14.5 Å². The molecule has 1 aromatic heterocycles. The summed E-state index contributed by atoms with van der Waals surface area (Å²) in [6.45, 7) is 3.05. The second kappa shape index (κ2) is 6.37. The van der Waals surface area contributed by atoms with E-state index in [1.54, 1.807) is 20.9 Å². The van der Waals surface area contributed by atoms with Crippen LogP contribution in [0.4, 0.5) is 5.82 Å². The van der Waals surface area contributed by atoms with E-state index in [-0.39, 0.29) is 30.3 Å². The van der Waals surface area contributed by atoms with Gasteiger partial charge in [0.1, 0.15) is 6.04 Å². The Bertz CT molecular complexity index is 641. The van der Waals surface area contributed by atoms with Gasteiger partial charge in [0.05, 0.1) is 20.0 Å². The van der Waals surface area contributed by atoms with Crippen molar-refractivity contribution >= 4 is 23.5 Å². The number of rotatable bonds is 5. The summed E-state index contributed by atoms with van der Waals surface area (Å²) in [4.78, 5) is 42.6. The van der Waals surface area contributed by atoms with Gasteiger partial charge in [0.25, 0.3) is 5.91 Å². The number of anilines is 1. The molecule has 9 heteroatoms. The number of ether oxygens (including phenoxy) is 1. The number of fused-ring (bicyclic) bond motifs is 1. The Hall–Kier alpha value is -2.42. The van der Waals surface area contributed by atoms with E-state index in [4.69, 9.17) is 0 Å². The smallest absolute Gasteiger partial charge is 0.328 e. The molecule has 0 aliphatic carbocycles. The molecule has 23 heavy (non-hydrogen) atoms. The number of hydrogen-bond acceptors (Lipinski definition) is 7. The molecule has 1 amide bonds. The molecule has 0 saturated heterocycles. The predicted octanol–water partition coefficient (Wildman–Crippen LogP) is -0.236. The number of carbonyl (C=O) groups excluding carboxylic acids is 3. The fraction of sp³-hybridized carbons (Fsp3) is 0.571. The fourth-order valence-electron chi connectivity index (χ4n) is 2.41. The van der Waals surface area contributed by atoms with Gasteiger partial charge in [-0.05, 0) is 6.92 Å². The quantitative estimate of drug-likeness (QED) is 0.745. The van der Waals surface area contributed by atoms with Gasteiger partial charge in [0, 0.05) is 13.5 Å². The van der Waals surface area contributed by atoms with E-state index < -0.39 is 24.3 Å². The molecule has 1 N–H and O–H groups in total. The number of imidazole rings is 1. The first-order chi connectivity index (χ1) is 10.8. The van der Waals surface area contributed by atoms with Crippen molar-refractivity contribution in [3.8, 4) is 0 Å². The average Bonchev–Trinajstić information content (AvgIpc) is 3.00. The molecule has 126 valence electrons. The molecule has 0 fully saturated rings. The van der Waals surface area contributed by atoms with Crippen molar-refractivity contribution in [2.75, 3.05) is 25.6 Å². The Kier molecular flexibility index (Phi) is 4.69. The first-order valence-corrected chi connectivity index (χ1v) is 7.21. The minimum absolute atomic E-state index is 0.139. The van der Waals surface area contributed by atoms with Crippen LogP contribution in [-0.4, -0.2) is 64.3 Å². The first kappa shape index (κ1) is 16.9. The molecular weight excluding hydrogens is 304 g/mol. The van der Waals surface area contributed by atoms with Gasteiger partial charge < -0.3 is 19.3 Å². The van der Waals surface area contributed by atoms with Crippen LogP contribution in [0.15, 0.2) is 6.33 Å². The van der Waals surface area contributed by atoms with Gasteiger partial charge in [0.2, 0.25) is 6.35 Å². The third kappa shape index (κ3) is 2.79. The molecule has 0 saturated carbocycles. The van der Waals surface area contributed by atoms with Crippen molar-refractivity contribution in [1.82, 2.24) is 14.5 Å². The number of aliphatic hydroxyl groups is 1. The summed E-state index contributed by atoms with van der Waals surface area (Å²) in [6.07, 6.45) is 0.311. The van der Waals surface area contributed by atoms with Crippen LogP contribution in [0.5, 0.6) is 0 Å². The topological polar surface area (TPSA) is 105 Å². The molecule has 0 radical (unpaired) electrons.